The molecule has 0 unspecified atom stereocenters. The van der Waals surface area contributed by atoms with Crippen molar-refractivity contribution in [3.05, 3.63) is 12.2 Å². The lowest BCUT2D eigenvalue weighted by atomic mass is 10.2. The maximum Gasteiger partial charge on any atom is 0.409 e. The fourth-order valence-electron chi connectivity index (χ4n) is 1.08. The summed E-state index contributed by atoms with van der Waals surface area (Å²) in [4.78, 5) is 14.0. The van der Waals surface area contributed by atoms with Crippen molar-refractivity contribution in [1.29, 1.82) is 0 Å². The quantitative estimate of drug-likeness (QED) is 0.446. The van der Waals surface area contributed by atoms with E-state index in [0.29, 0.717) is 0 Å². The Balaban J connectivity index is 3.32. The highest BCUT2D eigenvalue weighted by atomic mass is 19.4. The molecule has 11 heteroatoms. The van der Waals surface area contributed by atoms with Crippen molar-refractivity contribution < 1.29 is 44.8 Å². The van der Waals surface area contributed by atoms with Gasteiger partial charge in [-0.1, -0.05) is 6.58 Å². The van der Waals surface area contributed by atoms with Gasteiger partial charge in [-0.15, -0.1) is 0 Å². The summed E-state index contributed by atoms with van der Waals surface area (Å²) in [5.74, 6) is -14.8. The van der Waals surface area contributed by atoms with Crippen LogP contribution in [0.4, 0.5) is 35.1 Å². The molecule has 0 aromatic heterocycles. The summed E-state index contributed by atoms with van der Waals surface area (Å²) in [5.41, 5.74) is -0.731. The second-order valence-corrected chi connectivity index (χ2v) is 3.68. The van der Waals surface area contributed by atoms with Crippen LogP contribution in [0.3, 0.4) is 0 Å². The lowest BCUT2D eigenvalue weighted by Crippen LogP contribution is -2.51. The number of hydroxylamine groups is 2. The van der Waals surface area contributed by atoms with Crippen LogP contribution >= 0.6 is 0 Å². The molecule has 1 aliphatic heterocycles. The minimum absolute atomic E-state index is 0.731. The first-order chi connectivity index (χ1) is 8.21. The second-order valence-electron chi connectivity index (χ2n) is 3.68. The van der Waals surface area contributed by atoms with Crippen LogP contribution in [0.5, 0.6) is 0 Å². The van der Waals surface area contributed by atoms with Gasteiger partial charge in [-0.3, -0.25) is 0 Å². The Morgan fingerprint density at radius 1 is 0.947 bits per heavy atom. The van der Waals surface area contributed by atoms with Crippen molar-refractivity contribution in [2.75, 3.05) is 0 Å². The minimum atomic E-state index is -6.43. The number of nitrogens with zero attached hydrogens (tertiary/aromatic N) is 1. The molecule has 110 valence electrons. The third kappa shape index (κ3) is 1.70. The molecule has 3 nitrogen and oxygen atoms in total. The van der Waals surface area contributed by atoms with Crippen LogP contribution in [-0.4, -0.2) is 35.0 Å². The average molecular weight is 299 g/mol. The van der Waals surface area contributed by atoms with Gasteiger partial charge in [0.2, 0.25) is 0 Å². The molecule has 0 bridgehead atoms. The fourth-order valence-corrected chi connectivity index (χ4v) is 1.08. The first-order valence-electron chi connectivity index (χ1n) is 4.40. The molecule has 0 aliphatic carbocycles. The van der Waals surface area contributed by atoms with E-state index in [1.165, 1.54) is 0 Å². The van der Waals surface area contributed by atoms with E-state index in [1.807, 2.05) is 0 Å². The largest absolute Gasteiger partial charge is 0.409 e. The topological polar surface area (TPSA) is 29.5 Å². The molecule has 1 aliphatic rings. The fraction of sp³-hybridized carbons (Fsp3) is 0.625. The molecule has 0 atom stereocenters. The number of rotatable bonds is 2. The smallest absolute Gasteiger partial charge is 0.352 e. The van der Waals surface area contributed by atoms with Crippen molar-refractivity contribution in [1.82, 2.24) is 5.06 Å². The van der Waals surface area contributed by atoms with Gasteiger partial charge in [0.15, 0.2) is 0 Å². The number of carbonyl (C=O) groups is 1. The van der Waals surface area contributed by atoms with Gasteiger partial charge in [0.1, 0.15) is 0 Å². The van der Waals surface area contributed by atoms with Gasteiger partial charge in [-0.05, 0) is 6.92 Å². The monoisotopic (exact) mass is 299 g/mol. The maximum absolute atomic E-state index is 12.9. The van der Waals surface area contributed by atoms with Crippen LogP contribution in [0.1, 0.15) is 6.92 Å². The Kier molecular flexibility index (Phi) is 3.14. The summed E-state index contributed by atoms with van der Waals surface area (Å²) in [5, 5.41) is -2.29. The highest BCUT2D eigenvalue weighted by Crippen LogP contribution is 2.62. The van der Waals surface area contributed by atoms with Crippen molar-refractivity contribution in [3.63, 3.8) is 0 Å². The summed E-state index contributed by atoms with van der Waals surface area (Å²) in [6.45, 7) is 3.61. The third-order valence-corrected chi connectivity index (χ3v) is 2.18. The standard InChI is InChI=1S/C8H5F8NO2/c1-3(2)4(18)19-17-7(13,14)5(9,10)6(11,12)8(17,15)16/h1H2,2H3. The Labute approximate surface area is 99.9 Å². The van der Waals surface area contributed by atoms with Gasteiger partial charge in [0, 0.05) is 10.6 Å². The van der Waals surface area contributed by atoms with E-state index in [9.17, 15) is 39.9 Å². The Bertz CT molecular complexity index is 406. The normalized spacial score (nSPS) is 27.0. The number of carbonyl (C=O) groups excluding carboxylic acids is 1. The number of halogens is 8. The van der Waals surface area contributed by atoms with Crippen molar-refractivity contribution in [2.24, 2.45) is 0 Å². The predicted molar refractivity (Wildman–Crippen MR) is 42.5 cm³/mol. The minimum Gasteiger partial charge on any atom is -0.352 e. The van der Waals surface area contributed by atoms with Gasteiger partial charge in [0.25, 0.3) is 0 Å². The lowest BCUT2D eigenvalue weighted by molar-refractivity contribution is -0.388. The van der Waals surface area contributed by atoms with Crippen LogP contribution in [0.2, 0.25) is 0 Å². The molecule has 0 saturated carbocycles. The van der Waals surface area contributed by atoms with Gasteiger partial charge >= 0.3 is 29.9 Å². The summed E-state index contributed by atoms with van der Waals surface area (Å²) < 4.78 is 102. The van der Waals surface area contributed by atoms with Crippen LogP contribution in [-0.2, 0) is 9.63 Å². The van der Waals surface area contributed by atoms with E-state index in [2.05, 4.69) is 11.4 Å². The van der Waals surface area contributed by atoms with Crippen molar-refractivity contribution in [2.45, 2.75) is 30.9 Å². The Morgan fingerprint density at radius 3 is 1.53 bits per heavy atom. The number of hydrogen-bond acceptors (Lipinski definition) is 3. The molecule has 1 rings (SSSR count). The van der Waals surface area contributed by atoms with E-state index >= 15 is 0 Å². The molecule has 0 aromatic rings. The molecule has 0 spiro atoms. The molecule has 0 N–H and O–H groups in total. The molecule has 0 radical (unpaired) electrons. The van der Waals surface area contributed by atoms with Gasteiger partial charge in [0.05, 0.1) is 0 Å². The van der Waals surface area contributed by atoms with Gasteiger partial charge < -0.3 is 4.84 Å². The van der Waals surface area contributed by atoms with Crippen molar-refractivity contribution in [3.8, 4) is 0 Å². The average Bonchev–Trinajstić information content (AvgIpc) is 2.28. The van der Waals surface area contributed by atoms with Crippen LogP contribution in [0.15, 0.2) is 12.2 Å². The zero-order chi connectivity index (χ0) is 15.4. The summed E-state index contributed by atoms with van der Waals surface area (Å²) in [6.07, 6.45) is 0. The summed E-state index contributed by atoms with van der Waals surface area (Å²) >= 11 is 0. The maximum atomic E-state index is 12.9. The van der Waals surface area contributed by atoms with E-state index in [0.717, 1.165) is 6.92 Å². The van der Waals surface area contributed by atoms with Crippen LogP contribution < -0.4 is 0 Å². The third-order valence-electron chi connectivity index (χ3n) is 2.18. The molecule has 1 heterocycles. The first-order valence-corrected chi connectivity index (χ1v) is 4.40. The zero-order valence-electron chi connectivity index (χ0n) is 8.99. The van der Waals surface area contributed by atoms with E-state index < -0.39 is 40.5 Å². The Morgan fingerprint density at radius 2 is 1.26 bits per heavy atom. The molecule has 0 aromatic carbocycles. The molecule has 1 saturated heterocycles. The van der Waals surface area contributed by atoms with Gasteiger partial charge in [-0.2, -0.15) is 35.1 Å². The number of alkyl halides is 8. The molecule has 1 fully saturated rings. The first kappa shape index (κ1) is 15.7. The molecule has 0 amide bonds. The molecule has 19 heavy (non-hydrogen) atoms. The van der Waals surface area contributed by atoms with E-state index in [1.54, 1.807) is 0 Å². The van der Waals surface area contributed by atoms with Gasteiger partial charge in [-0.25, -0.2) is 4.79 Å². The van der Waals surface area contributed by atoms with E-state index in [4.69, 9.17) is 0 Å². The molecular weight excluding hydrogens is 294 g/mol. The SMILES string of the molecule is C=C(C)C(=O)ON1C(F)(F)C(F)(F)C(F)(F)C1(F)F. The second kappa shape index (κ2) is 3.81. The van der Waals surface area contributed by atoms with Crippen molar-refractivity contribution >= 4 is 5.97 Å². The zero-order valence-corrected chi connectivity index (χ0v) is 8.99. The lowest BCUT2D eigenvalue weighted by Gasteiger charge is -2.25. The predicted octanol–water partition coefficient (Wildman–Crippen LogP) is 2.79. The number of hydrogen-bond donors (Lipinski definition) is 0. The Hall–Kier alpha value is -1.39. The highest BCUT2D eigenvalue weighted by molar-refractivity contribution is 5.86. The van der Waals surface area contributed by atoms with Crippen LogP contribution in [0, 0.1) is 0 Å². The highest BCUT2D eigenvalue weighted by Gasteiger charge is 2.95. The van der Waals surface area contributed by atoms with Crippen LogP contribution in [0.25, 0.3) is 0 Å². The van der Waals surface area contributed by atoms with E-state index in [-0.39, 0.29) is 0 Å². The molecular formula is C8H5F8NO2. The summed E-state index contributed by atoms with van der Waals surface area (Å²) in [6, 6.07) is -12.2. The summed E-state index contributed by atoms with van der Waals surface area (Å²) in [7, 11) is 0.